The van der Waals surface area contributed by atoms with E-state index >= 15 is 0 Å². The van der Waals surface area contributed by atoms with Crippen molar-refractivity contribution in [3.05, 3.63) is 23.0 Å². The predicted molar refractivity (Wildman–Crippen MR) is 75.3 cm³/mol. The van der Waals surface area contributed by atoms with Crippen LogP contribution in [0.25, 0.3) is 0 Å². The van der Waals surface area contributed by atoms with Crippen LogP contribution in [0.15, 0.2) is 12.1 Å². The molecule has 102 valence electrons. The summed E-state index contributed by atoms with van der Waals surface area (Å²) >= 11 is 5.81. The third-order valence-corrected chi connectivity index (χ3v) is 4.63. The lowest BCUT2D eigenvalue weighted by Gasteiger charge is -2.23. The molecule has 0 radical (unpaired) electrons. The maximum absolute atomic E-state index is 12.3. The average Bonchev–Trinajstić information content (AvgIpc) is 3.07. The lowest BCUT2D eigenvalue weighted by atomic mass is 9.92. The van der Waals surface area contributed by atoms with Gasteiger partial charge in [-0.2, -0.15) is 0 Å². The molecular weight excluding hydrogens is 262 g/mol. The summed E-state index contributed by atoms with van der Waals surface area (Å²) in [4.78, 5) is 16.4. The monoisotopic (exact) mass is 279 g/mol. The second kappa shape index (κ2) is 4.76. The number of nitrogens with one attached hydrogen (secondary N) is 2. The van der Waals surface area contributed by atoms with Gasteiger partial charge >= 0.3 is 0 Å². The number of anilines is 1. The van der Waals surface area contributed by atoms with Gasteiger partial charge in [0.25, 0.3) is 0 Å². The molecule has 5 heteroatoms. The fraction of sp³-hybridized carbons (Fsp3) is 0.571. The number of halogens is 1. The first-order chi connectivity index (χ1) is 9.11. The summed E-state index contributed by atoms with van der Waals surface area (Å²) in [5.74, 6) is 0.304. The lowest BCUT2D eigenvalue weighted by molar-refractivity contribution is -0.118. The second-order valence-electron chi connectivity index (χ2n) is 5.63. The maximum Gasteiger partial charge on any atom is 0.228 e. The van der Waals surface area contributed by atoms with Crippen LogP contribution in [-0.4, -0.2) is 24.0 Å². The highest BCUT2D eigenvalue weighted by atomic mass is 35.5. The van der Waals surface area contributed by atoms with Gasteiger partial charge in [0.05, 0.1) is 11.4 Å². The molecule has 1 spiro atoms. The van der Waals surface area contributed by atoms with Crippen molar-refractivity contribution < 1.29 is 4.79 Å². The van der Waals surface area contributed by atoms with Crippen LogP contribution in [0.5, 0.6) is 0 Å². The molecule has 1 aromatic heterocycles. The number of hydrogen-bond donors (Lipinski definition) is 2. The zero-order valence-electron chi connectivity index (χ0n) is 11.0. The molecule has 1 saturated carbocycles. The van der Waals surface area contributed by atoms with Gasteiger partial charge < -0.3 is 10.6 Å². The normalized spacial score (nSPS) is 24.2. The van der Waals surface area contributed by atoms with E-state index in [1.54, 1.807) is 6.07 Å². The third kappa shape index (κ3) is 2.47. The van der Waals surface area contributed by atoms with Gasteiger partial charge in [-0.1, -0.05) is 11.6 Å². The summed E-state index contributed by atoms with van der Waals surface area (Å²) in [6, 6.07) is 3.53. The van der Waals surface area contributed by atoms with Gasteiger partial charge in [-0.15, -0.1) is 0 Å². The minimum Gasteiger partial charge on any atom is -0.324 e. The first-order valence-electron chi connectivity index (χ1n) is 6.75. The SMILES string of the molecule is Cc1nc(Cl)ccc1NC(=O)C1CC12CCNCC2. The molecule has 4 nitrogen and oxygen atoms in total. The fourth-order valence-electron chi connectivity index (χ4n) is 3.08. The average molecular weight is 280 g/mol. The molecule has 1 amide bonds. The van der Waals surface area contributed by atoms with Crippen LogP contribution in [-0.2, 0) is 4.79 Å². The molecule has 2 N–H and O–H groups in total. The topological polar surface area (TPSA) is 54.0 Å². The molecule has 2 aliphatic rings. The van der Waals surface area contributed by atoms with E-state index < -0.39 is 0 Å². The van der Waals surface area contributed by atoms with Crippen molar-refractivity contribution in [2.24, 2.45) is 11.3 Å². The quantitative estimate of drug-likeness (QED) is 0.817. The van der Waals surface area contributed by atoms with Crippen LogP contribution in [0.2, 0.25) is 5.15 Å². The highest BCUT2D eigenvalue weighted by molar-refractivity contribution is 6.29. The molecule has 1 aliphatic heterocycles. The molecule has 2 fully saturated rings. The summed E-state index contributed by atoms with van der Waals surface area (Å²) in [7, 11) is 0. The zero-order chi connectivity index (χ0) is 13.5. The smallest absolute Gasteiger partial charge is 0.228 e. The fourth-order valence-corrected chi connectivity index (χ4v) is 3.27. The van der Waals surface area contributed by atoms with Gasteiger partial charge in [0.1, 0.15) is 5.15 Å². The molecule has 1 saturated heterocycles. The first-order valence-corrected chi connectivity index (χ1v) is 7.13. The number of aromatic nitrogens is 1. The summed E-state index contributed by atoms with van der Waals surface area (Å²) < 4.78 is 0. The van der Waals surface area contributed by atoms with E-state index in [2.05, 4.69) is 15.6 Å². The first kappa shape index (κ1) is 12.9. The van der Waals surface area contributed by atoms with Gasteiger partial charge in [0, 0.05) is 5.92 Å². The highest BCUT2D eigenvalue weighted by Crippen LogP contribution is 2.58. The van der Waals surface area contributed by atoms with Crippen molar-refractivity contribution in [1.82, 2.24) is 10.3 Å². The van der Waals surface area contributed by atoms with Crippen molar-refractivity contribution in [1.29, 1.82) is 0 Å². The minimum atomic E-state index is 0.133. The Morgan fingerprint density at radius 2 is 2.21 bits per heavy atom. The summed E-state index contributed by atoms with van der Waals surface area (Å²) in [5, 5.41) is 6.79. The molecule has 3 rings (SSSR count). The van der Waals surface area contributed by atoms with Crippen LogP contribution >= 0.6 is 11.6 Å². The number of carbonyl (C=O) groups excluding carboxylic acids is 1. The van der Waals surface area contributed by atoms with Crippen LogP contribution in [0.1, 0.15) is 25.0 Å². The Morgan fingerprint density at radius 1 is 1.47 bits per heavy atom. The van der Waals surface area contributed by atoms with E-state index in [1.807, 2.05) is 13.0 Å². The molecule has 1 atom stereocenters. The largest absolute Gasteiger partial charge is 0.324 e. The van der Waals surface area contributed by atoms with Crippen molar-refractivity contribution in [2.75, 3.05) is 18.4 Å². The second-order valence-corrected chi connectivity index (χ2v) is 6.01. The van der Waals surface area contributed by atoms with Crippen LogP contribution in [0.4, 0.5) is 5.69 Å². The highest BCUT2D eigenvalue weighted by Gasteiger charge is 2.57. The van der Waals surface area contributed by atoms with Gasteiger partial charge in [-0.05, 0) is 56.8 Å². The minimum absolute atomic E-state index is 0.133. The molecule has 1 unspecified atom stereocenters. The third-order valence-electron chi connectivity index (χ3n) is 4.42. The molecule has 1 aliphatic carbocycles. The van der Waals surface area contributed by atoms with E-state index in [0.717, 1.165) is 43.7 Å². The Hall–Kier alpha value is -1.13. The number of aryl methyl sites for hydroxylation is 1. The molecule has 19 heavy (non-hydrogen) atoms. The number of amides is 1. The lowest BCUT2D eigenvalue weighted by Crippen LogP contribution is -2.31. The van der Waals surface area contributed by atoms with E-state index in [9.17, 15) is 4.79 Å². The van der Waals surface area contributed by atoms with Crippen LogP contribution in [0, 0.1) is 18.3 Å². The Labute approximate surface area is 117 Å². The van der Waals surface area contributed by atoms with Crippen LogP contribution < -0.4 is 10.6 Å². The Kier molecular flexibility index (Phi) is 3.23. The molecule has 2 heterocycles. The van der Waals surface area contributed by atoms with Gasteiger partial charge in [-0.25, -0.2) is 4.98 Å². The standard InChI is InChI=1S/C14H18ClN3O/c1-9-11(2-3-12(15)17-9)18-13(19)10-8-14(10)4-6-16-7-5-14/h2-3,10,16H,4-8H2,1H3,(H,18,19). The van der Waals surface area contributed by atoms with E-state index in [1.165, 1.54) is 0 Å². The maximum atomic E-state index is 12.3. The van der Waals surface area contributed by atoms with Crippen molar-refractivity contribution in [3.8, 4) is 0 Å². The Morgan fingerprint density at radius 3 is 2.89 bits per heavy atom. The van der Waals surface area contributed by atoms with Gasteiger partial charge in [0.15, 0.2) is 0 Å². The number of nitrogens with zero attached hydrogens (tertiary/aromatic N) is 1. The number of piperidine rings is 1. The van der Waals surface area contributed by atoms with E-state index in [4.69, 9.17) is 11.6 Å². The van der Waals surface area contributed by atoms with Gasteiger partial charge in [-0.3, -0.25) is 4.79 Å². The number of rotatable bonds is 2. The van der Waals surface area contributed by atoms with Crippen molar-refractivity contribution >= 4 is 23.2 Å². The number of pyridine rings is 1. The zero-order valence-corrected chi connectivity index (χ0v) is 11.8. The van der Waals surface area contributed by atoms with Crippen molar-refractivity contribution in [2.45, 2.75) is 26.2 Å². The Balaban J connectivity index is 1.66. The summed E-state index contributed by atoms with van der Waals surface area (Å²) in [5.41, 5.74) is 1.80. The number of carbonyl (C=O) groups is 1. The van der Waals surface area contributed by atoms with Gasteiger partial charge in [0.2, 0.25) is 5.91 Å². The Bertz CT molecular complexity index is 511. The molecule has 0 aromatic carbocycles. The summed E-state index contributed by atoms with van der Waals surface area (Å²) in [6.07, 6.45) is 3.26. The van der Waals surface area contributed by atoms with E-state index in [-0.39, 0.29) is 17.2 Å². The summed E-state index contributed by atoms with van der Waals surface area (Å²) in [6.45, 7) is 3.92. The molecule has 0 bridgehead atoms. The molecule has 1 aromatic rings. The predicted octanol–water partition coefficient (Wildman–Crippen LogP) is 2.37. The molecular formula is C14H18ClN3O. The van der Waals surface area contributed by atoms with Crippen LogP contribution in [0.3, 0.4) is 0 Å². The van der Waals surface area contributed by atoms with Crippen molar-refractivity contribution in [3.63, 3.8) is 0 Å². The van der Waals surface area contributed by atoms with E-state index in [0.29, 0.717) is 5.15 Å². The number of hydrogen-bond acceptors (Lipinski definition) is 3.